The summed E-state index contributed by atoms with van der Waals surface area (Å²) < 4.78 is 8.73. The molecular formula is C16H30N4+2. The summed E-state index contributed by atoms with van der Waals surface area (Å²) >= 11 is 0. The Morgan fingerprint density at radius 2 is 1.60 bits per heavy atom. The quantitative estimate of drug-likeness (QED) is 0.759. The minimum atomic E-state index is 1.06. The minimum Gasteiger partial charge on any atom is -0.239 e. The van der Waals surface area contributed by atoms with Gasteiger partial charge in [0, 0.05) is 12.8 Å². The van der Waals surface area contributed by atoms with Gasteiger partial charge in [-0.2, -0.15) is 0 Å². The average Bonchev–Trinajstić information content (AvgIpc) is 3.01. The predicted molar refractivity (Wildman–Crippen MR) is 81.3 cm³/mol. The maximum Gasteiger partial charge on any atom is 0.243 e. The fourth-order valence-electron chi connectivity index (χ4n) is 2.34. The average molecular weight is 278 g/mol. The first kappa shape index (κ1) is 16.5. The van der Waals surface area contributed by atoms with E-state index in [1.165, 1.54) is 11.4 Å². The van der Waals surface area contributed by atoms with Gasteiger partial charge in [0.05, 0.1) is 27.2 Å². The van der Waals surface area contributed by atoms with Crippen LogP contribution in [-0.4, -0.2) is 9.13 Å². The third-order valence-corrected chi connectivity index (χ3v) is 3.56. The van der Waals surface area contributed by atoms with Crippen molar-refractivity contribution in [2.24, 2.45) is 14.1 Å². The van der Waals surface area contributed by atoms with Crippen molar-refractivity contribution < 1.29 is 9.13 Å². The molecule has 0 aliphatic carbocycles. The standard InChI is InChI=1S/2C8H15N2/c1-4-8-6-10(5-2)7-9(8)3;1-4-8-6-9(3)7-10(8)5-2/h2*6-7H,4-5H2,1-3H3/q2*+1. The smallest absolute Gasteiger partial charge is 0.239 e. The molecule has 2 aromatic rings. The Bertz CT molecular complexity index is 501. The van der Waals surface area contributed by atoms with Gasteiger partial charge in [0.2, 0.25) is 12.7 Å². The zero-order chi connectivity index (χ0) is 15.1. The second kappa shape index (κ2) is 7.88. The molecule has 2 rings (SSSR count). The van der Waals surface area contributed by atoms with Crippen LogP contribution < -0.4 is 9.13 Å². The molecule has 0 atom stereocenters. The normalized spacial score (nSPS) is 10.3. The summed E-state index contributed by atoms with van der Waals surface area (Å²) in [7, 11) is 4.15. The molecule has 0 aliphatic heterocycles. The van der Waals surface area contributed by atoms with Crippen molar-refractivity contribution in [2.45, 2.75) is 53.6 Å². The van der Waals surface area contributed by atoms with Crippen LogP contribution in [0.4, 0.5) is 0 Å². The van der Waals surface area contributed by atoms with Gasteiger partial charge in [0.15, 0.2) is 0 Å². The summed E-state index contributed by atoms with van der Waals surface area (Å²) in [6.45, 7) is 10.8. The number of imidazole rings is 2. The van der Waals surface area contributed by atoms with Gasteiger partial charge in [-0.3, -0.25) is 0 Å². The number of rotatable bonds is 4. The Hall–Kier alpha value is -1.58. The molecule has 2 heterocycles. The van der Waals surface area contributed by atoms with Crippen molar-refractivity contribution in [2.75, 3.05) is 0 Å². The number of aryl methyl sites for hydroxylation is 6. The largest absolute Gasteiger partial charge is 0.243 e. The fraction of sp³-hybridized carbons (Fsp3) is 0.625. The predicted octanol–water partition coefficient (Wildman–Crippen LogP) is 1.79. The molecule has 2 aromatic heterocycles. The van der Waals surface area contributed by atoms with E-state index in [0.717, 1.165) is 25.9 Å². The molecule has 112 valence electrons. The monoisotopic (exact) mass is 278 g/mol. The van der Waals surface area contributed by atoms with Gasteiger partial charge in [-0.25, -0.2) is 18.3 Å². The van der Waals surface area contributed by atoms with E-state index in [2.05, 4.69) is 85.1 Å². The van der Waals surface area contributed by atoms with Gasteiger partial charge in [-0.05, 0) is 13.8 Å². The Labute approximate surface area is 123 Å². The highest BCUT2D eigenvalue weighted by Gasteiger charge is 2.06. The second-order valence-corrected chi connectivity index (χ2v) is 5.07. The summed E-state index contributed by atoms with van der Waals surface area (Å²) in [5, 5.41) is 0. The van der Waals surface area contributed by atoms with Crippen LogP contribution in [0.2, 0.25) is 0 Å². The van der Waals surface area contributed by atoms with Gasteiger partial charge in [-0.15, -0.1) is 0 Å². The summed E-state index contributed by atoms with van der Waals surface area (Å²) in [5.74, 6) is 0. The van der Waals surface area contributed by atoms with Crippen LogP contribution in [0.3, 0.4) is 0 Å². The molecule has 0 N–H and O–H groups in total. The summed E-state index contributed by atoms with van der Waals surface area (Å²) in [5.41, 5.74) is 2.80. The highest BCUT2D eigenvalue weighted by atomic mass is 15.1. The molecule has 0 radical (unpaired) electrons. The Kier molecular flexibility index (Phi) is 6.49. The third-order valence-electron chi connectivity index (χ3n) is 3.56. The van der Waals surface area contributed by atoms with E-state index in [-0.39, 0.29) is 0 Å². The third kappa shape index (κ3) is 4.22. The highest BCUT2D eigenvalue weighted by molar-refractivity contribution is 4.92. The lowest BCUT2D eigenvalue weighted by molar-refractivity contribution is -0.693. The molecule has 0 fully saturated rings. The number of aromatic nitrogens is 4. The van der Waals surface area contributed by atoms with Crippen LogP contribution in [0.1, 0.15) is 39.1 Å². The molecule has 0 amide bonds. The highest BCUT2D eigenvalue weighted by Crippen LogP contribution is 1.96. The summed E-state index contributed by atoms with van der Waals surface area (Å²) in [6, 6.07) is 0. The number of hydrogen-bond acceptors (Lipinski definition) is 0. The van der Waals surface area contributed by atoms with Crippen LogP contribution in [-0.2, 0) is 40.0 Å². The molecule has 20 heavy (non-hydrogen) atoms. The van der Waals surface area contributed by atoms with Crippen molar-refractivity contribution in [3.63, 3.8) is 0 Å². The second-order valence-electron chi connectivity index (χ2n) is 5.07. The first-order chi connectivity index (χ1) is 9.55. The Morgan fingerprint density at radius 3 is 1.95 bits per heavy atom. The van der Waals surface area contributed by atoms with Crippen LogP contribution in [0, 0.1) is 0 Å². The maximum atomic E-state index is 2.26. The van der Waals surface area contributed by atoms with Gasteiger partial charge < -0.3 is 0 Å². The lowest BCUT2D eigenvalue weighted by atomic mass is 10.3. The number of nitrogens with zero attached hydrogens (tertiary/aromatic N) is 4. The number of hydrogen-bond donors (Lipinski definition) is 0. The topological polar surface area (TPSA) is 17.6 Å². The van der Waals surface area contributed by atoms with Gasteiger partial charge in [-0.1, -0.05) is 13.8 Å². The first-order valence-corrected chi connectivity index (χ1v) is 7.64. The fourth-order valence-corrected chi connectivity index (χ4v) is 2.34. The van der Waals surface area contributed by atoms with Crippen LogP contribution in [0.25, 0.3) is 0 Å². The molecule has 0 bridgehead atoms. The van der Waals surface area contributed by atoms with Gasteiger partial charge >= 0.3 is 0 Å². The molecule has 0 aliphatic rings. The van der Waals surface area contributed by atoms with E-state index >= 15 is 0 Å². The van der Waals surface area contributed by atoms with E-state index in [1.807, 2.05) is 0 Å². The SMILES string of the molecule is CCc1c[n+](C)cn1CC.CCc1c[n+](CC)cn1C. The van der Waals surface area contributed by atoms with Gasteiger partial charge in [0.25, 0.3) is 0 Å². The van der Waals surface area contributed by atoms with Gasteiger partial charge in [0.1, 0.15) is 23.8 Å². The minimum absolute atomic E-state index is 1.06. The summed E-state index contributed by atoms with van der Waals surface area (Å²) in [4.78, 5) is 0. The van der Waals surface area contributed by atoms with Crippen molar-refractivity contribution in [1.29, 1.82) is 0 Å². The summed E-state index contributed by atoms with van der Waals surface area (Å²) in [6.07, 6.45) is 10.8. The van der Waals surface area contributed by atoms with E-state index in [0.29, 0.717) is 0 Å². The maximum absolute atomic E-state index is 2.26. The Morgan fingerprint density at radius 1 is 0.950 bits per heavy atom. The van der Waals surface area contributed by atoms with Crippen molar-refractivity contribution in [3.8, 4) is 0 Å². The Balaban J connectivity index is 0.000000200. The zero-order valence-electron chi connectivity index (χ0n) is 13.9. The van der Waals surface area contributed by atoms with E-state index in [4.69, 9.17) is 0 Å². The van der Waals surface area contributed by atoms with E-state index in [1.54, 1.807) is 0 Å². The van der Waals surface area contributed by atoms with Crippen LogP contribution in [0.15, 0.2) is 25.0 Å². The molecule has 4 nitrogen and oxygen atoms in total. The van der Waals surface area contributed by atoms with Crippen molar-refractivity contribution >= 4 is 0 Å². The van der Waals surface area contributed by atoms with Crippen LogP contribution in [0.5, 0.6) is 0 Å². The zero-order valence-corrected chi connectivity index (χ0v) is 13.9. The van der Waals surface area contributed by atoms with Crippen molar-refractivity contribution in [1.82, 2.24) is 9.13 Å². The van der Waals surface area contributed by atoms with Crippen molar-refractivity contribution in [3.05, 3.63) is 36.4 Å². The molecule has 0 unspecified atom stereocenters. The molecule has 0 saturated heterocycles. The lowest BCUT2D eigenvalue weighted by Crippen LogP contribution is -2.28. The molecular weight excluding hydrogens is 248 g/mol. The molecule has 0 spiro atoms. The first-order valence-electron chi connectivity index (χ1n) is 7.64. The molecule has 4 heteroatoms. The van der Waals surface area contributed by atoms with E-state index < -0.39 is 0 Å². The molecule has 0 aromatic carbocycles. The lowest BCUT2D eigenvalue weighted by Gasteiger charge is -1.90. The van der Waals surface area contributed by atoms with E-state index in [9.17, 15) is 0 Å². The molecule has 0 saturated carbocycles. The van der Waals surface area contributed by atoms with Crippen LogP contribution >= 0.6 is 0 Å².